The standard InChI is InChI=1S/C69H74N3O.Pt/c1-43-36-47(61-53(45-22-18-17-19-23-45)24-20-26-56(61)68(11,12)13)30-33-59(43)72-60-27-21-25-54(62(60)71-64(72)55-41-52(67(8,9)10)42-57(63(55)73)69(14,15)16)48-37-49(39-51(38-48)66(5,6)7)58-40-46(34-35-70-58)44-28-31-50(32-29-44)65(2,3)4;/h17-36,38-42,73H,1-16H3;/q-1;/i28D,29D,31D,32D,34D,35D,40D;. The van der Waals surface area contributed by atoms with Crippen LogP contribution in [0, 0.1) is 13.0 Å². The predicted octanol–water partition coefficient (Wildman–Crippen LogP) is 18.7. The van der Waals surface area contributed by atoms with Gasteiger partial charge in [-0.05, 0) is 120 Å². The molecule has 7 aromatic carbocycles. The number of hydrogen-bond acceptors (Lipinski definition) is 3. The molecule has 4 nitrogen and oxygen atoms in total. The van der Waals surface area contributed by atoms with Crippen molar-refractivity contribution in [1.82, 2.24) is 14.5 Å². The van der Waals surface area contributed by atoms with Crippen LogP contribution in [-0.4, -0.2) is 19.6 Å². The van der Waals surface area contributed by atoms with E-state index in [1.807, 2.05) is 51.1 Å². The van der Waals surface area contributed by atoms with Crippen molar-refractivity contribution in [2.75, 3.05) is 0 Å². The Balaban J connectivity index is 0.00000860. The third-order valence-corrected chi connectivity index (χ3v) is 13.9. The zero-order valence-electron chi connectivity index (χ0n) is 53.0. The molecular weight excluding hydrogens is 1080 g/mol. The first-order valence-electron chi connectivity index (χ1n) is 29.0. The Morgan fingerprint density at radius 1 is 0.514 bits per heavy atom. The van der Waals surface area contributed by atoms with E-state index in [1.165, 1.54) is 11.1 Å². The first kappa shape index (κ1) is 45.1. The first-order chi connectivity index (χ1) is 37.1. The number of nitrogens with zero attached hydrogens (tertiary/aromatic N) is 3. The van der Waals surface area contributed by atoms with E-state index in [2.05, 4.69) is 184 Å². The molecule has 2 heterocycles. The molecule has 0 spiro atoms. The number of imidazole rings is 1. The van der Waals surface area contributed by atoms with Crippen molar-refractivity contribution in [2.24, 2.45) is 0 Å². The fraction of sp³-hybridized carbons (Fsp3) is 0.304. The maximum Gasteiger partial charge on any atom is 0.148 e. The molecule has 0 aliphatic rings. The van der Waals surface area contributed by atoms with Crippen molar-refractivity contribution in [3.63, 3.8) is 0 Å². The van der Waals surface area contributed by atoms with Crippen LogP contribution < -0.4 is 0 Å². The number of fused-ring (bicyclic) bond motifs is 1. The number of rotatable bonds is 7. The van der Waals surface area contributed by atoms with Crippen LogP contribution in [0.5, 0.6) is 5.75 Å². The topological polar surface area (TPSA) is 50.9 Å². The number of aromatic nitrogens is 3. The summed E-state index contributed by atoms with van der Waals surface area (Å²) >= 11 is 0. The molecule has 9 aromatic rings. The quantitative estimate of drug-likeness (QED) is 0.162. The van der Waals surface area contributed by atoms with Crippen LogP contribution in [0.2, 0.25) is 0 Å². The third kappa shape index (κ3) is 10.6. The summed E-state index contributed by atoms with van der Waals surface area (Å²) in [6, 6.07) is 39.4. The van der Waals surface area contributed by atoms with Gasteiger partial charge in [0, 0.05) is 38.5 Å². The maximum atomic E-state index is 12.7. The number of hydrogen-bond donors (Lipinski definition) is 1. The monoisotopic (exact) mass is 1160 g/mol. The summed E-state index contributed by atoms with van der Waals surface area (Å²) in [5, 5.41) is 12.7. The van der Waals surface area contributed by atoms with Gasteiger partial charge in [0.25, 0.3) is 0 Å². The summed E-state index contributed by atoms with van der Waals surface area (Å²) in [5.41, 5.74) is 11.8. The third-order valence-electron chi connectivity index (χ3n) is 13.9. The van der Waals surface area contributed by atoms with Crippen molar-refractivity contribution in [1.29, 1.82) is 0 Å². The Bertz CT molecular complexity index is 3930. The van der Waals surface area contributed by atoms with E-state index >= 15 is 0 Å². The summed E-state index contributed by atoms with van der Waals surface area (Å²) in [5.74, 6) is 0.698. The average Bonchev–Trinajstić information content (AvgIpc) is 3.88. The van der Waals surface area contributed by atoms with Gasteiger partial charge in [-0.25, -0.2) is 4.98 Å². The number of aromatic hydroxyl groups is 1. The van der Waals surface area contributed by atoms with Gasteiger partial charge in [0.1, 0.15) is 11.6 Å². The minimum Gasteiger partial charge on any atom is -0.507 e. The first-order valence-corrected chi connectivity index (χ1v) is 25.5. The van der Waals surface area contributed by atoms with Crippen LogP contribution in [0.4, 0.5) is 0 Å². The van der Waals surface area contributed by atoms with Crippen LogP contribution in [0.3, 0.4) is 0 Å². The molecule has 0 aliphatic carbocycles. The average molecular weight is 1160 g/mol. The Morgan fingerprint density at radius 3 is 1.74 bits per heavy atom. The van der Waals surface area contributed by atoms with Crippen molar-refractivity contribution < 1.29 is 35.8 Å². The van der Waals surface area contributed by atoms with Gasteiger partial charge < -0.3 is 5.11 Å². The molecule has 0 radical (unpaired) electrons. The number of phenols is 1. The summed E-state index contributed by atoms with van der Waals surface area (Å²) in [4.78, 5) is 10.2. The maximum absolute atomic E-state index is 12.7. The van der Waals surface area contributed by atoms with E-state index in [1.54, 1.807) is 0 Å². The van der Waals surface area contributed by atoms with Gasteiger partial charge in [-0.2, -0.15) is 0 Å². The Kier molecular flexibility index (Phi) is 12.0. The number of benzene rings is 7. The minimum absolute atomic E-state index is 0. The van der Waals surface area contributed by atoms with E-state index in [-0.39, 0.29) is 90.2 Å². The molecule has 0 bridgehead atoms. The molecule has 0 fully saturated rings. The van der Waals surface area contributed by atoms with Gasteiger partial charge >= 0.3 is 0 Å². The van der Waals surface area contributed by atoms with Crippen molar-refractivity contribution in [2.45, 2.75) is 138 Å². The fourth-order valence-electron chi connectivity index (χ4n) is 9.62. The molecule has 0 atom stereocenters. The van der Waals surface area contributed by atoms with Crippen molar-refractivity contribution in [3.05, 3.63) is 191 Å². The largest absolute Gasteiger partial charge is 0.507 e. The zero-order valence-corrected chi connectivity index (χ0v) is 48.3. The number of aryl methyl sites for hydroxylation is 1. The van der Waals surface area contributed by atoms with Gasteiger partial charge in [0.05, 0.1) is 31.9 Å². The number of para-hydroxylation sites is 1. The minimum atomic E-state index is -0.726. The molecule has 382 valence electrons. The smallest absolute Gasteiger partial charge is 0.148 e. The van der Waals surface area contributed by atoms with E-state index in [4.69, 9.17) is 10.5 Å². The Labute approximate surface area is 466 Å². The number of pyridine rings is 1. The number of phenolic OH excluding ortho intramolecular Hbond substituents is 1. The summed E-state index contributed by atoms with van der Waals surface area (Å²) in [6.45, 7) is 33.5. The molecule has 9 rings (SSSR count). The molecule has 1 N–H and O–H groups in total. The molecule has 74 heavy (non-hydrogen) atoms. The van der Waals surface area contributed by atoms with E-state index in [0.29, 0.717) is 33.6 Å². The summed E-state index contributed by atoms with van der Waals surface area (Å²) < 4.78 is 66.4. The van der Waals surface area contributed by atoms with Gasteiger partial charge in [-0.15, -0.1) is 29.3 Å². The second-order valence-electron chi connectivity index (χ2n) is 24.9. The second-order valence-corrected chi connectivity index (χ2v) is 24.9. The summed E-state index contributed by atoms with van der Waals surface area (Å²) in [6.07, 6.45) is -0.476. The van der Waals surface area contributed by atoms with E-state index in [0.717, 1.165) is 50.1 Å². The van der Waals surface area contributed by atoms with Crippen molar-refractivity contribution in [3.8, 4) is 78.6 Å². The van der Waals surface area contributed by atoms with Crippen LogP contribution in [0.25, 0.3) is 83.9 Å². The predicted molar refractivity (Wildman–Crippen MR) is 310 cm³/mol. The van der Waals surface area contributed by atoms with Gasteiger partial charge in [0.15, 0.2) is 0 Å². The molecular formula is C69H74N3OPt-. The van der Waals surface area contributed by atoms with Crippen LogP contribution in [0.15, 0.2) is 152 Å². The van der Waals surface area contributed by atoms with E-state index in [9.17, 15) is 9.22 Å². The van der Waals surface area contributed by atoms with Gasteiger partial charge in [-0.3, -0.25) is 9.55 Å². The Morgan fingerprint density at radius 2 is 1.12 bits per heavy atom. The molecule has 0 aliphatic heterocycles. The van der Waals surface area contributed by atoms with Crippen LogP contribution in [0.1, 0.15) is 147 Å². The van der Waals surface area contributed by atoms with Gasteiger partial charge in [0.2, 0.25) is 0 Å². The SMILES string of the molecule is [2H]c1nc(-c2[c-]c(-c3cccc4c3nc(-c3cc(C(C)(C)C)cc(C(C)(C)C)c3O)n4-c3ccc(-c4c(-c5ccccc5)cccc4C(C)(C)C)cc3C)cc(C(C)(C)C)c2)c([2H])c(-c2c([2H])c([2H])c(C(C)(C)C)c([2H])c2[2H])c1[2H].[Pt]. The molecule has 0 unspecified atom stereocenters. The fourth-order valence-corrected chi connectivity index (χ4v) is 9.62. The molecule has 0 saturated heterocycles. The van der Waals surface area contributed by atoms with Crippen LogP contribution in [-0.2, 0) is 48.1 Å². The zero-order chi connectivity index (χ0) is 58.7. The normalized spacial score (nSPS) is 13.9. The molecule has 0 amide bonds. The molecule has 5 heteroatoms. The van der Waals surface area contributed by atoms with Crippen LogP contribution >= 0.6 is 0 Å². The molecule has 2 aromatic heterocycles. The molecule has 0 saturated carbocycles. The summed E-state index contributed by atoms with van der Waals surface area (Å²) in [7, 11) is 0. The van der Waals surface area contributed by atoms with Gasteiger partial charge in [-0.1, -0.05) is 218 Å². The Hall–Kier alpha value is -6.35. The van der Waals surface area contributed by atoms with Crippen molar-refractivity contribution >= 4 is 11.0 Å². The second kappa shape index (κ2) is 19.7. The van der Waals surface area contributed by atoms with E-state index < -0.39 is 28.5 Å².